The average molecular weight is 489 g/mol. The van der Waals surface area contributed by atoms with Crippen molar-refractivity contribution in [1.82, 2.24) is 20.5 Å². The Morgan fingerprint density at radius 1 is 1.42 bits per heavy atom. The molecule has 0 atom stereocenters. The summed E-state index contributed by atoms with van der Waals surface area (Å²) in [6.07, 6.45) is 0.939. The highest BCUT2D eigenvalue weighted by Crippen LogP contribution is 2.23. The summed E-state index contributed by atoms with van der Waals surface area (Å²) in [7, 11) is 1.67. The molecular formula is C17H24IN5O2S. The number of guanidine groups is 1. The van der Waals surface area contributed by atoms with Crippen LogP contribution in [0.4, 0.5) is 0 Å². The predicted octanol–water partition coefficient (Wildman–Crippen LogP) is 2.22. The molecule has 0 bridgehead atoms. The number of nitrogens with zero attached hydrogens (tertiary/aromatic N) is 3. The van der Waals surface area contributed by atoms with E-state index in [1.165, 1.54) is 10.4 Å². The number of thiophene rings is 1. The van der Waals surface area contributed by atoms with Gasteiger partial charge >= 0.3 is 0 Å². The molecule has 1 aliphatic heterocycles. The smallest absolute Gasteiger partial charge is 0.242 e. The van der Waals surface area contributed by atoms with E-state index in [1.807, 2.05) is 18.7 Å². The summed E-state index contributed by atoms with van der Waals surface area (Å²) < 4.78 is 5.53. The second kappa shape index (κ2) is 9.36. The first-order chi connectivity index (χ1) is 12.1. The third-order valence-corrected chi connectivity index (χ3v) is 5.29. The molecule has 0 unspecified atom stereocenters. The van der Waals surface area contributed by atoms with Gasteiger partial charge in [0.15, 0.2) is 5.96 Å². The van der Waals surface area contributed by atoms with Gasteiger partial charge in [0.25, 0.3) is 0 Å². The van der Waals surface area contributed by atoms with Gasteiger partial charge in [-0.25, -0.2) is 4.98 Å². The molecule has 1 amide bonds. The highest BCUT2D eigenvalue weighted by Gasteiger charge is 2.21. The Morgan fingerprint density at radius 3 is 2.92 bits per heavy atom. The summed E-state index contributed by atoms with van der Waals surface area (Å²) >= 11 is 1.77. The number of hydrogen-bond acceptors (Lipinski definition) is 5. The number of carbonyl (C=O) groups is 1. The van der Waals surface area contributed by atoms with Crippen molar-refractivity contribution in [1.29, 1.82) is 0 Å². The van der Waals surface area contributed by atoms with Gasteiger partial charge in [0.05, 0.1) is 18.8 Å². The summed E-state index contributed by atoms with van der Waals surface area (Å²) in [6, 6.07) is 2.10. The Morgan fingerprint density at radius 2 is 2.23 bits per heavy atom. The van der Waals surface area contributed by atoms with Crippen LogP contribution in [0.15, 0.2) is 20.9 Å². The molecule has 3 heterocycles. The maximum atomic E-state index is 12.4. The molecule has 0 saturated heterocycles. The van der Waals surface area contributed by atoms with Gasteiger partial charge in [-0.1, -0.05) is 0 Å². The normalized spacial score (nSPS) is 13.8. The molecule has 0 saturated carbocycles. The molecule has 0 aliphatic carbocycles. The Balaban J connectivity index is 0.00000243. The number of aromatic nitrogens is 1. The van der Waals surface area contributed by atoms with E-state index in [-0.39, 0.29) is 36.4 Å². The average Bonchev–Trinajstić information content (AvgIpc) is 3.20. The molecule has 3 rings (SSSR count). The minimum Gasteiger partial charge on any atom is -0.444 e. The number of nitrogens with one attached hydrogen (secondary N) is 2. The Labute approximate surface area is 174 Å². The van der Waals surface area contributed by atoms with E-state index in [4.69, 9.17) is 4.42 Å². The zero-order chi connectivity index (χ0) is 17.8. The molecule has 2 N–H and O–H groups in total. The number of amides is 1. The Bertz CT molecular complexity index is 766. The van der Waals surface area contributed by atoms with Crippen molar-refractivity contribution in [2.45, 2.75) is 33.4 Å². The second-order valence-corrected chi connectivity index (χ2v) is 6.96. The quantitative estimate of drug-likeness (QED) is 0.391. The van der Waals surface area contributed by atoms with Crippen LogP contribution < -0.4 is 10.6 Å². The van der Waals surface area contributed by atoms with Crippen LogP contribution in [0.2, 0.25) is 0 Å². The van der Waals surface area contributed by atoms with Gasteiger partial charge in [-0.2, -0.15) is 0 Å². The standard InChI is InChI=1S/C17H23N5O2S.HI/c1-11-12(2)24-15(21-11)8-19-17(18-3)20-9-16(23)22-6-4-14-13(10-22)5-7-25-14;/h5,7H,4,6,8-10H2,1-3H3,(H2,18,19,20);1H. The van der Waals surface area contributed by atoms with Crippen molar-refractivity contribution in [3.8, 4) is 0 Å². The van der Waals surface area contributed by atoms with E-state index in [2.05, 4.69) is 32.1 Å². The first kappa shape index (κ1) is 20.7. The van der Waals surface area contributed by atoms with Gasteiger partial charge < -0.3 is 20.0 Å². The SMILES string of the molecule is CN=C(NCC(=O)N1CCc2sccc2C1)NCc1nc(C)c(C)o1.I. The van der Waals surface area contributed by atoms with Gasteiger partial charge in [0.1, 0.15) is 5.76 Å². The van der Waals surface area contributed by atoms with Gasteiger partial charge in [-0.15, -0.1) is 35.3 Å². The number of hydrogen-bond donors (Lipinski definition) is 2. The first-order valence-corrected chi connectivity index (χ1v) is 9.15. The van der Waals surface area contributed by atoms with Gasteiger partial charge in [0.2, 0.25) is 11.8 Å². The van der Waals surface area contributed by atoms with E-state index in [9.17, 15) is 4.79 Å². The van der Waals surface area contributed by atoms with Crippen LogP contribution in [-0.2, 0) is 24.3 Å². The number of carbonyl (C=O) groups excluding carboxylic acids is 1. The molecule has 7 nitrogen and oxygen atoms in total. The fourth-order valence-corrected chi connectivity index (χ4v) is 3.62. The molecule has 0 spiro atoms. The van der Waals surface area contributed by atoms with Crippen LogP contribution >= 0.6 is 35.3 Å². The summed E-state index contributed by atoms with van der Waals surface area (Å²) in [6.45, 7) is 5.89. The molecule has 0 radical (unpaired) electrons. The Kier molecular flexibility index (Phi) is 7.44. The number of fused-ring (bicyclic) bond motifs is 1. The fourth-order valence-electron chi connectivity index (χ4n) is 2.73. The number of oxazole rings is 1. The minimum absolute atomic E-state index is 0. The third kappa shape index (κ3) is 4.97. The lowest BCUT2D eigenvalue weighted by atomic mass is 10.1. The maximum Gasteiger partial charge on any atom is 0.242 e. The van der Waals surface area contributed by atoms with Crippen molar-refractivity contribution >= 4 is 47.2 Å². The zero-order valence-electron chi connectivity index (χ0n) is 15.2. The molecule has 142 valence electrons. The van der Waals surface area contributed by atoms with E-state index in [0.29, 0.717) is 24.9 Å². The number of halogens is 1. The van der Waals surface area contributed by atoms with Crippen molar-refractivity contribution in [2.75, 3.05) is 20.1 Å². The molecule has 0 fully saturated rings. The highest BCUT2D eigenvalue weighted by molar-refractivity contribution is 14.0. The van der Waals surface area contributed by atoms with Crippen LogP contribution in [0.5, 0.6) is 0 Å². The summed E-state index contributed by atoms with van der Waals surface area (Å²) in [5.41, 5.74) is 2.15. The van der Waals surface area contributed by atoms with Gasteiger partial charge in [-0.05, 0) is 37.3 Å². The third-order valence-electron chi connectivity index (χ3n) is 4.27. The van der Waals surface area contributed by atoms with Crippen LogP contribution in [0, 0.1) is 13.8 Å². The van der Waals surface area contributed by atoms with Crippen molar-refractivity contribution in [3.63, 3.8) is 0 Å². The van der Waals surface area contributed by atoms with Crippen molar-refractivity contribution in [3.05, 3.63) is 39.2 Å². The molecule has 1 aliphatic rings. The molecule has 2 aromatic heterocycles. The highest BCUT2D eigenvalue weighted by atomic mass is 127. The molecule has 0 aromatic carbocycles. The lowest BCUT2D eigenvalue weighted by molar-refractivity contribution is -0.130. The Hall–Kier alpha value is -1.62. The molecule has 26 heavy (non-hydrogen) atoms. The number of rotatable bonds is 4. The van der Waals surface area contributed by atoms with Crippen molar-refractivity contribution in [2.24, 2.45) is 4.99 Å². The molecular weight excluding hydrogens is 465 g/mol. The first-order valence-electron chi connectivity index (χ1n) is 8.27. The number of aryl methyl sites for hydroxylation is 2. The van der Waals surface area contributed by atoms with Gasteiger partial charge in [0, 0.05) is 25.0 Å². The van der Waals surface area contributed by atoms with Crippen LogP contribution in [0.25, 0.3) is 0 Å². The molecule has 9 heteroatoms. The van der Waals surface area contributed by atoms with E-state index in [1.54, 1.807) is 18.4 Å². The lowest BCUT2D eigenvalue weighted by Gasteiger charge is -2.27. The van der Waals surface area contributed by atoms with Gasteiger partial charge in [-0.3, -0.25) is 9.79 Å². The minimum atomic E-state index is 0. The topological polar surface area (TPSA) is 82.8 Å². The van der Waals surface area contributed by atoms with Crippen LogP contribution in [0.3, 0.4) is 0 Å². The van der Waals surface area contributed by atoms with Crippen LogP contribution in [0.1, 0.15) is 27.8 Å². The van der Waals surface area contributed by atoms with E-state index < -0.39 is 0 Å². The fraction of sp³-hybridized carbons (Fsp3) is 0.471. The summed E-state index contributed by atoms with van der Waals surface area (Å²) in [5, 5.41) is 8.26. The maximum absolute atomic E-state index is 12.4. The summed E-state index contributed by atoms with van der Waals surface area (Å²) in [5.74, 6) is 2.04. The van der Waals surface area contributed by atoms with Crippen molar-refractivity contribution < 1.29 is 9.21 Å². The van der Waals surface area contributed by atoms with E-state index >= 15 is 0 Å². The predicted molar refractivity (Wildman–Crippen MR) is 113 cm³/mol. The largest absolute Gasteiger partial charge is 0.444 e. The van der Waals surface area contributed by atoms with Crippen LogP contribution in [-0.4, -0.2) is 41.9 Å². The lowest BCUT2D eigenvalue weighted by Crippen LogP contribution is -2.45. The second-order valence-electron chi connectivity index (χ2n) is 5.96. The zero-order valence-corrected chi connectivity index (χ0v) is 18.3. The number of aliphatic imine (C=N–C) groups is 1. The molecule has 2 aromatic rings. The van der Waals surface area contributed by atoms with E-state index in [0.717, 1.165) is 24.4 Å². The monoisotopic (exact) mass is 489 g/mol. The summed E-state index contributed by atoms with van der Waals surface area (Å²) in [4.78, 5) is 24.2.